The molecule has 4 aromatic rings. The molecule has 53 heavy (non-hydrogen) atoms. The number of hydrogen-bond acceptors (Lipinski definition) is 8. The van der Waals surface area contributed by atoms with Crippen molar-refractivity contribution >= 4 is 39.8 Å². The molecule has 10 heteroatoms. The number of likely N-dealkylation sites (tertiary alicyclic amines) is 1. The molecule has 2 fully saturated rings. The van der Waals surface area contributed by atoms with Crippen LogP contribution >= 0.6 is 0 Å². The molecule has 10 nitrogen and oxygen atoms in total. The smallest absolute Gasteiger partial charge is 0.337 e. The number of fused-ring (bicyclic) bond motifs is 4. The van der Waals surface area contributed by atoms with E-state index >= 15 is 0 Å². The van der Waals surface area contributed by atoms with Crippen LogP contribution < -0.4 is 0 Å². The fourth-order valence-electron chi connectivity index (χ4n) is 8.65. The number of aromatic amines is 2. The van der Waals surface area contributed by atoms with Gasteiger partial charge in [0.15, 0.2) is 5.78 Å². The maximum Gasteiger partial charge on any atom is 0.337 e. The quantitative estimate of drug-likeness (QED) is 0.135. The maximum absolute atomic E-state index is 12.0. The van der Waals surface area contributed by atoms with Gasteiger partial charge in [-0.1, -0.05) is 49.2 Å². The highest BCUT2D eigenvalue weighted by Gasteiger charge is 2.41. The Morgan fingerprint density at radius 3 is 2.13 bits per heavy atom. The molecule has 6 atom stereocenters. The van der Waals surface area contributed by atoms with E-state index in [1.54, 1.807) is 12.5 Å². The number of carbonyl (C=O) groups is 3. The summed E-state index contributed by atoms with van der Waals surface area (Å²) in [5, 5.41) is 11.4. The third-order valence-electron chi connectivity index (χ3n) is 11.6. The predicted octanol–water partition coefficient (Wildman–Crippen LogP) is 6.69. The van der Waals surface area contributed by atoms with Crippen LogP contribution in [0.25, 0.3) is 21.8 Å². The number of aliphatic hydroxyl groups excluding tert-OH is 1. The number of nitrogens with zero attached hydrogens (tertiary/aromatic N) is 1. The van der Waals surface area contributed by atoms with Crippen molar-refractivity contribution in [1.82, 2.24) is 14.9 Å². The summed E-state index contributed by atoms with van der Waals surface area (Å²) in [5.74, 6) is 0.954. The van der Waals surface area contributed by atoms with Crippen molar-refractivity contribution in [3.8, 4) is 0 Å². The van der Waals surface area contributed by atoms with Gasteiger partial charge in [0.2, 0.25) is 0 Å². The Bertz CT molecular complexity index is 1920. The summed E-state index contributed by atoms with van der Waals surface area (Å²) in [6, 6.07) is 16.4. The Kier molecular flexibility index (Phi) is 12.9. The van der Waals surface area contributed by atoms with E-state index < -0.39 is 6.61 Å². The Labute approximate surface area is 311 Å². The summed E-state index contributed by atoms with van der Waals surface area (Å²) in [4.78, 5) is 42.8. The number of piperidine rings is 1. The summed E-state index contributed by atoms with van der Waals surface area (Å²) in [6.07, 6.45) is 15.6. The number of aromatic nitrogens is 2. The lowest BCUT2D eigenvalue weighted by Gasteiger charge is -2.43. The fraction of sp³-hybridized carbons (Fsp3) is 0.465. The number of benzene rings is 2. The Balaban J connectivity index is 0.000000150. The first-order valence-corrected chi connectivity index (χ1v) is 19.0. The molecule has 2 aromatic heterocycles. The number of ketones is 1. The van der Waals surface area contributed by atoms with Crippen molar-refractivity contribution in [3.05, 3.63) is 95.7 Å². The van der Waals surface area contributed by atoms with Gasteiger partial charge in [0.05, 0.1) is 37.4 Å². The highest BCUT2D eigenvalue weighted by atomic mass is 16.5. The predicted molar refractivity (Wildman–Crippen MR) is 205 cm³/mol. The molecular formula is C43H53N3O7. The molecule has 1 saturated heterocycles. The van der Waals surface area contributed by atoms with Crippen LogP contribution in [0.1, 0.15) is 57.1 Å². The number of aldehydes is 1. The van der Waals surface area contributed by atoms with E-state index in [0.717, 1.165) is 68.1 Å². The molecule has 2 aromatic carbocycles. The minimum atomic E-state index is -0.396. The normalized spacial score (nSPS) is 25.1. The van der Waals surface area contributed by atoms with E-state index in [2.05, 4.69) is 59.2 Å². The lowest BCUT2D eigenvalue weighted by Crippen LogP contribution is -2.48. The van der Waals surface area contributed by atoms with Crippen LogP contribution in [0.2, 0.25) is 0 Å². The molecule has 8 rings (SSSR count). The number of Topliss-reactive ketones (excluding diaryl/α,β-unsaturated/α-hetero) is 1. The minimum Gasteiger partial charge on any atom is -0.498 e. The zero-order valence-electron chi connectivity index (χ0n) is 31.1. The van der Waals surface area contributed by atoms with E-state index in [1.165, 1.54) is 36.4 Å². The van der Waals surface area contributed by atoms with Crippen molar-refractivity contribution in [2.24, 2.45) is 23.7 Å². The second-order valence-corrected chi connectivity index (χ2v) is 14.7. The zero-order chi connectivity index (χ0) is 37.3. The second-order valence-electron chi connectivity index (χ2n) is 14.7. The summed E-state index contributed by atoms with van der Waals surface area (Å²) in [6.45, 7) is 6.76. The van der Waals surface area contributed by atoms with Crippen molar-refractivity contribution in [2.45, 2.75) is 71.0 Å². The van der Waals surface area contributed by atoms with E-state index in [0.29, 0.717) is 35.3 Å². The molecule has 4 aliphatic rings. The van der Waals surface area contributed by atoms with Crippen molar-refractivity contribution in [2.75, 3.05) is 33.4 Å². The zero-order valence-corrected chi connectivity index (χ0v) is 31.1. The van der Waals surface area contributed by atoms with Crippen LogP contribution in [0.5, 0.6) is 0 Å². The topological polar surface area (TPSA) is 134 Å². The van der Waals surface area contributed by atoms with Crippen LogP contribution in [0.15, 0.2) is 84.6 Å². The van der Waals surface area contributed by atoms with E-state index in [4.69, 9.17) is 19.3 Å². The van der Waals surface area contributed by atoms with Crippen molar-refractivity contribution < 1.29 is 33.7 Å². The molecule has 5 heterocycles. The summed E-state index contributed by atoms with van der Waals surface area (Å²) in [7, 11) is 1.44. The van der Waals surface area contributed by atoms with Gasteiger partial charge >= 0.3 is 5.97 Å². The third kappa shape index (κ3) is 8.77. The van der Waals surface area contributed by atoms with Gasteiger partial charge < -0.3 is 39.0 Å². The van der Waals surface area contributed by atoms with Gasteiger partial charge in [0.1, 0.15) is 12.9 Å². The lowest BCUT2D eigenvalue weighted by atomic mass is 9.71. The van der Waals surface area contributed by atoms with Gasteiger partial charge in [0, 0.05) is 77.0 Å². The number of nitrogens with one attached hydrogen (secondary N) is 2. The molecule has 3 aliphatic heterocycles. The van der Waals surface area contributed by atoms with Crippen molar-refractivity contribution in [1.29, 1.82) is 0 Å². The molecule has 1 saturated carbocycles. The Morgan fingerprint density at radius 2 is 1.45 bits per heavy atom. The number of carbonyl (C=O) groups excluding carboxylic acids is 3. The molecule has 1 aliphatic carbocycles. The van der Waals surface area contributed by atoms with Crippen LogP contribution in [0.4, 0.5) is 0 Å². The van der Waals surface area contributed by atoms with E-state index in [9.17, 15) is 14.4 Å². The fourth-order valence-corrected chi connectivity index (χ4v) is 8.65. The summed E-state index contributed by atoms with van der Waals surface area (Å²) < 4.78 is 16.2. The number of esters is 1. The Hall–Kier alpha value is -4.67. The SMILES string of the molecule is CC1OC=C(C(=O)CO)[C@H]2CCCCC12.COC(=O)C1=COC(C)C2CN(CCc3c[nH]c4ccccc34)CC[C@H]12.O=CCc1c[nH]c2ccccc12. The van der Waals surface area contributed by atoms with E-state index in [1.807, 2.05) is 30.5 Å². The number of aliphatic hydroxyl groups is 1. The van der Waals surface area contributed by atoms with Crippen LogP contribution in [0, 0.1) is 23.7 Å². The molecule has 0 amide bonds. The molecule has 282 valence electrons. The first-order valence-electron chi connectivity index (χ1n) is 19.0. The van der Waals surface area contributed by atoms with Crippen LogP contribution in [-0.2, 0) is 41.4 Å². The number of H-pyrrole nitrogens is 2. The monoisotopic (exact) mass is 723 g/mol. The molecule has 0 bridgehead atoms. The maximum atomic E-state index is 12.0. The molecule has 0 radical (unpaired) electrons. The van der Waals surface area contributed by atoms with Crippen molar-refractivity contribution in [3.63, 3.8) is 0 Å². The number of methoxy groups -OCH3 is 1. The van der Waals surface area contributed by atoms with Gasteiger partial charge in [-0.25, -0.2) is 4.79 Å². The largest absolute Gasteiger partial charge is 0.498 e. The summed E-state index contributed by atoms with van der Waals surface area (Å²) in [5.41, 5.74) is 6.14. The second kappa shape index (κ2) is 17.9. The first kappa shape index (κ1) is 38.1. The average Bonchev–Trinajstić information content (AvgIpc) is 3.82. The molecular weight excluding hydrogens is 670 g/mol. The van der Waals surface area contributed by atoms with Gasteiger partial charge in [-0.2, -0.15) is 0 Å². The third-order valence-corrected chi connectivity index (χ3v) is 11.6. The van der Waals surface area contributed by atoms with E-state index in [-0.39, 0.29) is 29.9 Å². The molecule has 3 N–H and O–H groups in total. The van der Waals surface area contributed by atoms with Gasteiger partial charge in [0.25, 0.3) is 0 Å². The Morgan fingerprint density at radius 1 is 0.849 bits per heavy atom. The number of hydrogen-bond donors (Lipinski definition) is 3. The minimum absolute atomic E-state index is 0.129. The first-order chi connectivity index (χ1) is 25.8. The van der Waals surface area contributed by atoms with Gasteiger partial charge in [-0.05, 0) is 75.3 Å². The van der Waals surface area contributed by atoms with Crippen LogP contribution in [-0.4, -0.2) is 83.6 Å². The summed E-state index contributed by atoms with van der Waals surface area (Å²) >= 11 is 0. The molecule has 4 unspecified atom stereocenters. The average molecular weight is 724 g/mol. The highest BCUT2D eigenvalue weighted by molar-refractivity contribution is 5.96. The molecule has 0 spiro atoms. The number of ether oxygens (including phenoxy) is 3. The van der Waals surface area contributed by atoms with Gasteiger partial charge in [-0.15, -0.1) is 0 Å². The number of para-hydroxylation sites is 2. The number of rotatable bonds is 8. The van der Waals surface area contributed by atoms with Gasteiger partial charge in [-0.3, -0.25) is 4.79 Å². The van der Waals surface area contributed by atoms with Crippen LogP contribution in [0.3, 0.4) is 0 Å². The highest BCUT2D eigenvalue weighted by Crippen LogP contribution is 2.41. The lowest BCUT2D eigenvalue weighted by molar-refractivity contribution is -0.138. The standard InChI is InChI=1S/C21H26N2O3.C12H18O3.C10H9NO/c1-14-18-12-23(10-8-17(18)19(13-26-14)21(24)25-2)9-7-15-11-22-20-6-4-3-5-16(15)20;1-8-9-4-2-3-5-10(9)11(7-15-8)12(14)6-13;12-6-5-8-7-11-10-4-2-1-3-9(8)10/h3-6,11,13-14,17-18,22H,7-10,12H2,1-2H3;7-10,13H,2-6H2,1H3;1-4,6-7,11H,5H2/t14?,17-,18?;8?,9?,10-;/m00./s1.